The first-order chi connectivity index (χ1) is 12.0. The lowest BCUT2D eigenvalue weighted by molar-refractivity contribution is -0.125. The second-order valence-electron chi connectivity index (χ2n) is 6.58. The van der Waals surface area contributed by atoms with Crippen molar-refractivity contribution in [2.45, 2.75) is 24.2 Å². The molecule has 1 atom stereocenters. The van der Waals surface area contributed by atoms with Gasteiger partial charge >= 0.3 is 0 Å². The number of nitrogens with one attached hydrogen (secondary N) is 1. The summed E-state index contributed by atoms with van der Waals surface area (Å²) >= 11 is 0. The minimum absolute atomic E-state index is 0.0129. The molecule has 25 heavy (non-hydrogen) atoms. The van der Waals surface area contributed by atoms with E-state index in [9.17, 15) is 17.6 Å². The van der Waals surface area contributed by atoms with Crippen molar-refractivity contribution < 1.29 is 22.3 Å². The molecule has 138 valence electrons. The van der Waals surface area contributed by atoms with Crippen molar-refractivity contribution in [2.24, 2.45) is 11.8 Å². The fraction of sp³-hybridized carbons (Fsp3) is 0.588. The Balaban J connectivity index is 1.51. The summed E-state index contributed by atoms with van der Waals surface area (Å²) < 4.78 is 45.5. The first-order valence-corrected chi connectivity index (χ1v) is 10.0. The maximum atomic E-state index is 13.8. The van der Waals surface area contributed by atoms with Gasteiger partial charge in [-0.25, -0.2) is 12.8 Å². The van der Waals surface area contributed by atoms with Gasteiger partial charge < -0.3 is 10.1 Å². The summed E-state index contributed by atoms with van der Waals surface area (Å²) in [5.41, 5.74) is 0. The predicted molar refractivity (Wildman–Crippen MR) is 89.8 cm³/mol. The number of hydrogen-bond donors (Lipinski definition) is 1. The zero-order valence-corrected chi connectivity index (χ0v) is 14.8. The Kier molecular flexibility index (Phi) is 5.71. The van der Waals surface area contributed by atoms with E-state index in [1.54, 1.807) is 0 Å². The van der Waals surface area contributed by atoms with Crippen molar-refractivity contribution >= 4 is 15.9 Å². The highest BCUT2D eigenvalue weighted by Gasteiger charge is 2.31. The Bertz CT molecular complexity index is 711. The van der Waals surface area contributed by atoms with Crippen LogP contribution in [0.4, 0.5) is 4.39 Å². The van der Waals surface area contributed by atoms with Crippen LogP contribution in [0.5, 0.6) is 0 Å². The van der Waals surface area contributed by atoms with E-state index in [2.05, 4.69) is 5.32 Å². The number of amides is 1. The number of sulfonamides is 1. The number of piperidine rings is 1. The third-order valence-electron chi connectivity index (χ3n) is 4.89. The Morgan fingerprint density at radius 2 is 1.96 bits per heavy atom. The molecule has 8 heteroatoms. The summed E-state index contributed by atoms with van der Waals surface area (Å²) in [4.78, 5) is 11.7. The van der Waals surface area contributed by atoms with Gasteiger partial charge in [0, 0.05) is 26.2 Å². The molecule has 2 aliphatic heterocycles. The molecule has 6 nitrogen and oxygen atoms in total. The molecule has 3 rings (SSSR count). The number of carbonyl (C=O) groups excluding carboxylic acids is 1. The standard InChI is InChI=1S/C17H23FN2O4S/c18-15-3-1-2-4-16(15)25(22,23)20-8-5-13(6-9-20)11-19-17(21)14-7-10-24-12-14/h1-4,13-14H,5-12H2,(H,19,21). The van der Waals surface area contributed by atoms with Gasteiger partial charge in [-0.05, 0) is 37.3 Å². The fourth-order valence-corrected chi connectivity index (χ4v) is 4.81. The van der Waals surface area contributed by atoms with Crippen LogP contribution in [0.2, 0.25) is 0 Å². The average molecular weight is 370 g/mol. The van der Waals surface area contributed by atoms with Gasteiger partial charge in [0.1, 0.15) is 10.7 Å². The highest BCUT2D eigenvalue weighted by Crippen LogP contribution is 2.25. The Labute approximate surface area is 147 Å². The number of carbonyl (C=O) groups is 1. The van der Waals surface area contributed by atoms with E-state index in [4.69, 9.17) is 4.74 Å². The molecule has 2 aliphatic rings. The fourth-order valence-electron chi connectivity index (χ4n) is 3.28. The second-order valence-corrected chi connectivity index (χ2v) is 8.49. The topological polar surface area (TPSA) is 75.7 Å². The van der Waals surface area contributed by atoms with Crippen LogP contribution in [0.25, 0.3) is 0 Å². The van der Waals surface area contributed by atoms with Crippen molar-refractivity contribution in [2.75, 3.05) is 32.8 Å². The van der Waals surface area contributed by atoms with Gasteiger partial charge in [0.05, 0.1) is 12.5 Å². The number of halogens is 1. The summed E-state index contributed by atoms with van der Waals surface area (Å²) in [6.45, 7) is 2.33. The summed E-state index contributed by atoms with van der Waals surface area (Å²) in [5, 5.41) is 2.94. The largest absolute Gasteiger partial charge is 0.381 e. The first kappa shape index (κ1) is 18.3. The van der Waals surface area contributed by atoms with Crippen LogP contribution in [0, 0.1) is 17.7 Å². The Hall–Kier alpha value is -1.51. The van der Waals surface area contributed by atoms with Crippen LogP contribution in [0.1, 0.15) is 19.3 Å². The van der Waals surface area contributed by atoms with E-state index in [0.717, 1.165) is 12.5 Å². The molecule has 1 unspecified atom stereocenters. The molecule has 0 aliphatic carbocycles. The highest BCUT2D eigenvalue weighted by molar-refractivity contribution is 7.89. The molecule has 0 saturated carbocycles. The monoisotopic (exact) mass is 370 g/mol. The summed E-state index contributed by atoms with van der Waals surface area (Å²) in [6.07, 6.45) is 2.05. The molecule has 2 heterocycles. The van der Waals surface area contributed by atoms with Gasteiger partial charge in [-0.15, -0.1) is 0 Å². The van der Waals surface area contributed by atoms with Crippen LogP contribution in [0.15, 0.2) is 29.2 Å². The highest BCUT2D eigenvalue weighted by atomic mass is 32.2. The number of ether oxygens (including phenoxy) is 1. The Morgan fingerprint density at radius 3 is 2.60 bits per heavy atom. The quantitative estimate of drug-likeness (QED) is 0.850. The van der Waals surface area contributed by atoms with E-state index in [0.29, 0.717) is 45.7 Å². The van der Waals surface area contributed by atoms with Gasteiger partial charge in [0.2, 0.25) is 15.9 Å². The van der Waals surface area contributed by atoms with Crippen LogP contribution in [-0.4, -0.2) is 51.5 Å². The number of nitrogens with zero attached hydrogens (tertiary/aromatic N) is 1. The third-order valence-corrected chi connectivity index (χ3v) is 6.83. The van der Waals surface area contributed by atoms with Gasteiger partial charge in [-0.2, -0.15) is 4.31 Å². The lowest BCUT2D eigenvalue weighted by atomic mass is 9.98. The average Bonchev–Trinajstić information content (AvgIpc) is 3.15. The van der Waals surface area contributed by atoms with Crippen molar-refractivity contribution in [1.82, 2.24) is 9.62 Å². The molecular formula is C17H23FN2O4S. The van der Waals surface area contributed by atoms with Crippen molar-refractivity contribution in [3.63, 3.8) is 0 Å². The maximum absolute atomic E-state index is 13.8. The van der Waals surface area contributed by atoms with Gasteiger partial charge in [0.25, 0.3) is 0 Å². The smallest absolute Gasteiger partial charge is 0.245 e. The summed E-state index contributed by atoms with van der Waals surface area (Å²) in [6, 6.07) is 5.44. The molecule has 2 saturated heterocycles. The van der Waals surface area contributed by atoms with E-state index in [1.807, 2.05) is 0 Å². The van der Waals surface area contributed by atoms with Gasteiger partial charge in [0.15, 0.2) is 0 Å². The summed E-state index contributed by atoms with van der Waals surface area (Å²) in [5.74, 6) is -0.547. The zero-order chi connectivity index (χ0) is 17.9. The lowest BCUT2D eigenvalue weighted by Crippen LogP contribution is -2.42. The molecule has 0 radical (unpaired) electrons. The molecular weight excluding hydrogens is 347 g/mol. The third kappa shape index (κ3) is 4.19. The molecule has 0 spiro atoms. The SMILES string of the molecule is O=C(NCC1CCN(S(=O)(=O)c2ccccc2F)CC1)C1CCOC1. The molecule has 0 aromatic heterocycles. The molecule has 1 aromatic rings. The van der Waals surface area contributed by atoms with Crippen molar-refractivity contribution in [1.29, 1.82) is 0 Å². The van der Waals surface area contributed by atoms with E-state index in [1.165, 1.54) is 22.5 Å². The van der Waals surface area contributed by atoms with E-state index < -0.39 is 15.8 Å². The van der Waals surface area contributed by atoms with Crippen LogP contribution < -0.4 is 5.32 Å². The van der Waals surface area contributed by atoms with Crippen molar-refractivity contribution in [3.05, 3.63) is 30.1 Å². The maximum Gasteiger partial charge on any atom is 0.245 e. The molecule has 1 amide bonds. The first-order valence-electron chi connectivity index (χ1n) is 8.58. The minimum Gasteiger partial charge on any atom is -0.381 e. The minimum atomic E-state index is -3.81. The number of hydrogen-bond acceptors (Lipinski definition) is 4. The zero-order valence-electron chi connectivity index (χ0n) is 14.0. The van der Waals surface area contributed by atoms with E-state index in [-0.39, 0.29) is 22.6 Å². The van der Waals surface area contributed by atoms with Gasteiger partial charge in [-0.1, -0.05) is 12.1 Å². The van der Waals surface area contributed by atoms with Crippen LogP contribution in [-0.2, 0) is 19.6 Å². The molecule has 0 bridgehead atoms. The molecule has 2 fully saturated rings. The second kappa shape index (κ2) is 7.80. The lowest BCUT2D eigenvalue weighted by Gasteiger charge is -2.31. The van der Waals surface area contributed by atoms with Crippen LogP contribution >= 0.6 is 0 Å². The normalized spacial score (nSPS) is 22.8. The molecule has 1 aromatic carbocycles. The Morgan fingerprint density at radius 1 is 1.24 bits per heavy atom. The number of rotatable bonds is 5. The number of benzene rings is 1. The van der Waals surface area contributed by atoms with Crippen LogP contribution in [0.3, 0.4) is 0 Å². The predicted octanol–water partition coefficient (Wildman–Crippen LogP) is 1.38. The molecule has 1 N–H and O–H groups in total. The summed E-state index contributed by atoms with van der Waals surface area (Å²) in [7, 11) is -3.81. The van der Waals surface area contributed by atoms with E-state index >= 15 is 0 Å². The van der Waals surface area contributed by atoms with Crippen molar-refractivity contribution in [3.8, 4) is 0 Å². The van der Waals surface area contributed by atoms with Gasteiger partial charge in [-0.3, -0.25) is 4.79 Å².